The van der Waals surface area contributed by atoms with Crippen LogP contribution in [-0.2, 0) is 16.4 Å². The van der Waals surface area contributed by atoms with Gasteiger partial charge in [0.2, 0.25) is 0 Å². The van der Waals surface area contributed by atoms with E-state index in [4.69, 9.17) is 0 Å². The Bertz CT molecular complexity index is 421. The second-order valence-electron chi connectivity index (χ2n) is 4.10. The van der Waals surface area contributed by atoms with Crippen LogP contribution in [0.1, 0.15) is 23.6 Å². The molecule has 1 aromatic rings. The van der Waals surface area contributed by atoms with Crippen molar-refractivity contribution in [3.8, 4) is 0 Å². The monoisotopic (exact) mass is 261 g/mol. The van der Waals surface area contributed by atoms with Gasteiger partial charge in [0.15, 0.2) is 9.84 Å². The Balaban J connectivity index is 2.27. The van der Waals surface area contributed by atoms with Gasteiger partial charge in [0, 0.05) is 22.8 Å². The zero-order valence-corrected chi connectivity index (χ0v) is 11.6. The van der Waals surface area contributed by atoms with Crippen LogP contribution < -0.4 is 5.32 Å². The van der Waals surface area contributed by atoms with Gasteiger partial charge in [-0.15, -0.1) is 11.3 Å². The summed E-state index contributed by atoms with van der Waals surface area (Å²) in [5.74, 6) is 0.217. The van der Waals surface area contributed by atoms with Crippen molar-refractivity contribution in [2.24, 2.45) is 0 Å². The third-order valence-corrected chi connectivity index (χ3v) is 5.59. The first-order valence-corrected chi connectivity index (χ1v) is 7.92. The van der Waals surface area contributed by atoms with Crippen LogP contribution in [0.4, 0.5) is 0 Å². The van der Waals surface area contributed by atoms with E-state index in [0.29, 0.717) is 6.54 Å². The average molecular weight is 261 g/mol. The van der Waals surface area contributed by atoms with Crippen molar-refractivity contribution in [2.45, 2.75) is 32.6 Å². The van der Waals surface area contributed by atoms with Crippen LogP contribution in [0.5, 0.6) is 0 Å². The number of hydrogen-bond acceptors (Lipinski definition) is 4. The van der Waals surface area contributed by atoms with Crippen molar-refractivity contribution in [2.75, 3.05) is 12.3 Å². The fourth-order valence-electron chi connectivity index (χ4n) is 1.24. The van der Waals surface area contributed by atoms with Gasteiger partial charge in [-0.25, -0.2) is 8.42 Å². The van der Waals surface area contributed by atoms with E-state index in [1.807, 2.05) is 0 Å². The van der Waals surface area contributed by atoms with Crippen molar-refractivity contribution in [1.29, 1.82) is 0 Å². The average Bonchev–Trinajstić information content (AvgIpc) is 2.59. The summed E-state index contributed by atoms with van der Waals surface area (Å²) in [6, 6.07) is 4.15. The van der Waals surface area contributed by atoms with Crippen molar-refractivity contribution in [3.63, 3.8) is 0 Å². The lowest BCUT2D eigenvalue weighted by Crippen LogP contribution is -2.26. The molecule has 0 aliphatic heterocycles. The molecular weight excluding hydrogens is 242 g/mol. The molecule has 0 aliphatic rings. The second-order valence-corrected chi connectivity index (χ2v) is 8.15. The predicted octanol–water partition coefficient (Wildman–Crippen LogP) is 1.97. The summed E-state index contributed by atoms with van der Waals surface area (Å²) < 4.78 is 23.0. The van der Waals surface area contributed by atoms with Crippen LogP contribution in [0.15, 0.2) is 12.1 Å². The number of hydrogen-bond donors (Lipinski definition) is 1. The van der Waals surface area contributed by atoms with E-state index in [1.165, 1.54) is 9.75 Å². The maximum absolute atomic E-state index is 11.5. The third kappa shape index (κ3) is 4.23. The molecule has 0 aromatic carbocycles. The van der Waals surface area contributed by atoms with E-state index >= 15 is 0 Å². The Morgan fingerprint density at radius 1 is 1.38 bits per heavy atom. The van der Waals surface area contributed by atoms with E-state index in [2.05, 4.69) is 24.4 Å². The number of rotatable bonds is 6. The molecule has 3 nitrogen and oxygen atoms in total. The van der Waals surface area contributed by atoms with Crippen LogP contribution in [0.3, 0.4) is 0 Å². The quantitative estimate of drug-likeness (QED) is 0.796. The molecule has 1 heterocycles. The van der Waals surface area contributed by atoms with Gasteiger partial charge in [0.1, 0.15) is 0 Å². The van der Waals surface area contributed by atoms with Gasteiger partial charge in [-0.2, -0.15) is 0 Å². The number of thiophene rings is 1. The van der Waals surface area contributed by atoms with Crippen molar-refractivity contribution >= 4 is 21.2 Å². The van der Waals surface area contributed by atoms with Crippen LogP contribution in [0.25, 0.3) is 0 Å². The van der Waals surface area contributed by atoms with Crippen molar-refractivity contribution in [1.82, 2.24) is 5.32 Å². The Morgan fingerprint density at radius 2 is 2.06 bits per heavy atom. The zero-order valence-electron chi connectivity index (χ0n) is 9.99. The molecule has 0 bridgehead atoms. The number of sulfone groups is 1. The fraction of sp³-hybridized carbons (Fsp3) is 0.636. The highest BCUT2D eigenvalue weighted by Gasteiger charge is 2.14. The molecule has 16 heavy (non-hydrogen) atoms. The summed E-state index contributed by atoms with van der Waals surface area (Å²) in [5, 5.41) is 2.88. The molecule has 0 radical (unpaired) electrons. The Kier molecular flexibility index (Phi) is 4.95. The van der Waals surface area contributed by atoms with Gasteiger partial charge in [-0.3, -0.25) is 0 Å². The first-order valence-electron chi connectivity index (χ1n) is 5.39. The lowest BCUT2D eigenvalue weighted by molar-refractivity contribution is 0.582. The van der Waals surface area contributed by atoms with Crippen LogP contribution >= 0.6 is 11.3 Å². The summed E-state index contributed by atoms with van der Waals surface area (Å²) in [6.07, 6.45) is 0. The summed E-state index contributed by atoms with van der Waals surface area (Å²) in [7, 11) is -2.91. The zero-order chi connectivity index (χ0) is 12.2. The number of aryl methyl sites for hydroxylation is 1. The summed E-state index contributed by atoms with van der Waals surface area (Å²) in [5.41, 5.74) is 0. The van der Waals surface area contributed by atoms with E-state index in [0.717, 1.165) is 6.54 Å². The van der Waals surface area contributed by atoms with Crippen LogP contribution in [-0.4, -0.2) is 26.0 Å². The van der Waals surface area contributed by atoms with E-state index in [9.17, 15) is 8.42 Å². The third-order valence-electron chi connectivity index (χ3n) is 2.38. The van der Waals surface area contributed by atoms with E-state index < -0.39 is 9.84 Å². The molecule has 5 heteroatoms. The maximum Gasteiger partial charge on any atom is 0.153 e. The topological polar surface area (TPSA) is 46.2 Å². The molecule has 0 saturated heterocycles. The molecule has 0 amide bonds. The fourth-order valence-corrected chi connectivity index (χ4v) is 3.00. The summed E-state index contributed by atoms with van der Waals surface area (Å²) in [6.45, 7) is 6.79. The highest BCUT2D eigenvalue weighted by molar-refractivity contribution is 7.92. The first kappa shape index (κ1) is 13.7. The van der Waals surface area contributed by atoms with Gasteiger partial charge in [-0.05, 0) is 32.9 Å². The molecule has 0 unspecified atom stereocenters. The maximum atomic E-state index is 11.5. The number of nitrogens with one attached hydrogen (secondary N) is 1. The molecule has 1 rings (SSSR count). The van der Waals surface area contributed by atoms with Gasteiger partial charge in [-0.1, -0.05) is 0 Å². The minimum atomic E-state index is -2.91. The molecule has 0 saturated carbocycles. The highest BCUT2D eigenvalue weighted by atomic mass is 32.2. The second kappa shape index (κ2) is 5.80. The van der Waals surface area contributed by atoms with Gasteiger partial charge < -0.3 is 5.32 Å². The van der Waals surface area contributed by atoms with Crippen molar-refractivity contribution < 1.29 is 8.42 Å². The molecule has 0 atom stereocenters. The molecule has 1 aromatic heterocycles. The van der Waals surface area contributed by atoms with E-state index in [-0.39, 0.29) is 11.0 Å². The Labute approximate surface area is 102 Å². The predicted molar refractivity (Wildman–Crippen MR) is 69.7 cm³/mol. The van der Waals surface area contributed by atoms with Crippen LogP contribution in [0.2, 0.25) is 0 Å². The normalized spacial score (nSPS) is 12.2. The van der Waals surface area contributed by atoms with Crippen molar-refractivity contribution in [3.05, 3.63) is 21.9 Å². The van der Waals surface area contributed by atoms with Gasteiger partial charge >= 0.3 is 0 Å². The molecular formula is C11H19NO2S2. The standard InChI is InChI=1S/C11H19NO2S2/c1-9(2)16(13,14)7-6-12-8-11-5-4-10(3)15-11/h4-5,9,12H,6-8H2,1-3H3. The highest BCUT2D eigenvalue weighted by Crippen LogP contribution is 2.14. The van der Waals surface area contributed by atoms with E-state index in [1.54, 1.807) is 25.2 Å². The molecule has 0 fully saturated rings. The summed E-state index contributed by atoms with van der Waals surface area (Å²) in [4.78, 5) is 2.53. The van der Waals surface area contributed by atoms with Crippen LogP contribution in [0, 0.1) is 6.92 Å². The van der Waals surface area contributed by atoms with Gasteiger partial charge in [0.25, 0.3) is 0 Å². The first-order chi connectivity index (χ1) is 7.42. The smallest absolute Gasteiger partial charge is 0.153 e. The van der Waals surface area contributed by atoms with Gasteiger partial charge in [0.05, 0.1) is 11.0 Å². The lowest BCUT2D eigenvalue weighted by Gasteiger charge is -2.07. The molecule has 1 N–H and O–H groups in total. The molecule has 0 spiro atoms. The minimum absolute atomic E-state index is 0.217. The summed E-state index contributed by atoms with van der Waals surface area (Å²) >= 11 is 1.74. The Morgan fingerprint density at radius 3 is 2.56 bits per heavy atom. The SMILES string of the molecule is Cc1ccc(CNCCS(=O)(=O)C(C)C)s1. The molecule has 92 valence electrons. The molecule has 0 aliphatic carbocycles. The largest absolute Gasteiger partial charge is 0.311 e. The minimum Gasteiger partial charge on any atom is -0.311 e. The Hall–Kier alpha value is -0.390. The lowest BCUT2D eigenvalue weighted by atomic mass is 10.4.